The number of benzene rings is 2. The molecular formula is C19H15N5O2S2. The van der Waals surface area contributed by atoms with E-state index in [2.05, 4.69) is 20.5 Å². The highest BCUT2D eigenvalue weighted by atomic mass is 32.2. The number of carbonyl (C=O) groups is 1. The fraction of sp³-hybridized carbons (Fsp3) is 0.105. The molecule has 9 heteroatoms. The second-order valence-electron chi connectivity index (χ2n) is 5.71. The Kier molecular flexibility index (Phi) is 5.45. The van der Waals surface area contributed by atoms with Crippen LogP contribution in [-0.2, 0) is 10.5 Å². The van der Waals surface area contributed by atoms with Gasteiger partial charge in [-0.25, -0.2) is 9.78 Å². The molecule has 0 saturated carbocycles. The minimum absolute atomic E-state index is 0.348. The number of esters is 1. The molecule has 0 atom stereocenters. The molecule has 2 heterocycles. The van der Waals surface area contributed by atoms with Crippen molar-refractivity contribution in [2.75, 3.05) is 7.11 Å². The normalized spacial score (nSPS) is 10.8. The largest absolute Gasteiger partial charge is 0.465 e. The molecule has 0 unspecified atom stereocenters. The molecule has 28 heavy (non-hydrogen) atoms. The Morgan fingerprint density at radius 1 is 1.14 bits per heavy atom. The van der Waals surface area contributed by atoms with E-state index < -0.39 is 0 Å². The Hall–Kier alpha value is -3.04. The summed E-state index contributed by atoms with van der Waals surface area (Å²) in [6.07, 6.45) is 0. The molecule has 0 aliphatic rings. The average Bonchev–Trinajstić information content (AvgIpc) is 3.42. The first-order valence-corrected chi connectivity index (χ1v) is 10.2. The van der Waals surface area contributed by atoms with E-state index in [9.17, 15) is 4.79 Å². The number of methoxy groups -OCH3 is 1. The maximum atomic E-state index is 11.5. The van der Waals surface area contributed by atoms with Gasteiger partial charge in [0, 0.05) is 16.7 Å². The highest BCUT2D eigenvalue weighted by Gasteiger charge is 2.12. The Bertz CT molecular complexity index is 1080. The third-order valence-corrected chi connectivity index (χ3v) is 5.79. The van der Waals surface area contributed by atoms with E-state index in [1.165, 1.54) is 18.9 Å². The molecule has 0 spiro atoms. The van der Waals surface area contributed by atoms with Gasteiger partial charge in [-0.1, -0.05) is 42.1 Å². The van der Waals surface area contributed by atoms with Gasteiger partial charge in [-0.2, -0.15) is 4.68 Å². The average molecular weight is 409 g/mol. The molecule has 2 aromatic carbocycles. The lowest BCUT2D eigenvalue weighted by Crippen LogP contribution is -2.00. The van der Waals surface area contributed by atoms with Gasteiger partial charge in [0.1, 0.15) is 5.01 Å². The lowest BCUT2D eigenvalue weighted by molar-refractivity contribution is 0.0601. The molecule has 4 rings (SSSR count). The highest BCUT2D eigenvalue weighted by Crippen LogP contribution is 2.28. The van der Waals surface area contributed by atoms with Gasteiger partial charge in [0.15, 0.2) is 0 Å². The second kappa shape index (κ2) is 8.32. The van der Waals surface area contributed by atoms with Gasteiger partial charge in [-0.05, 0) is 34.7 Å². The molecule has 140 valence electrons. The van der Waals surface area contributed by atoms with E-state index in [1.807, 2.05) is 47.8 Å². The van der Waals surface area contributed by atoms with Crippen LogP contribution in [0.25, 0.3) is 16.3 Å². The minimum atomic E-state index is -0.348. The Labute approximate surface area is 169 Å². The number of ether oxygens (including phenoxy) is 1. The highest BCUT2D eigenvalue weighted by molar-refractivity contribution is 7.98. The zero-order valence-electron chi connectivity index (χ0n) is 14.8. The van der Waals surface area contributed by atoms with Crippen molar-refractivity contribution in [1.29, 1.82) is 0 Å². The Balaban J connectivity index is 1.45. The third-order valence-electron chi connectivity index (χ3n) is 3.90. The monoisotopic (exact) mass is 409 g/mol. The third kappa shape index (κ3) is 3.95. The van der Waals surface area contributed by atoms with Gasteiger partial charge in [-0.15, -0.1) is 16.4 Å². The fourth-order valence-corrected chi connectivity index (χ4v) is 4.23. The fourth-order valence-electron chi connectivity index (χ4n) is 2.51. The molecule has 0 bridgehead atoms. The zero-order valence-corrected chi connectivity index (χ0v) is 16.5. The number of thiazole rings is 1. The van der Waals surface area contributed by atoms with Crippen LogP contribution in [0.2, 0.25) is 0 Å². The maximum Gasteiger partial charge on any atom is 0.337 e. The van der Waals surface area contributed by atoms with Crippen LogP contribution in [0.15, 0.2) is 65.1 Å². The summed E-state index contributed by atoms with van der Waals surface area (Å²) < 4.78 is 6.43. The predicted molar refractivity (Wildman–Crippen MR) is 108 cm³/mol. The smallest absolute Gasteiger partial charge is 0.337 e. The number of carbonyl (C=O) groups excluding carboxylic acids is 1. The second-order valence-corrected chi connectivity index (χ2v) is 7.51. The molecule has 0 radical (unpaired) electrons. The quantitative estimate of drug-likeness (QED) is 0.353. The topological polar surface area (TPSA) is 82.8 Å². The summed E-state index contributed by atoms with van der Waals surface area (Å²) in [4.78, 5) is 16.2. The molecule has 0 aliphatic carbocycles. The molecule has 0 saturated heterocycles. The van der Waals surface area contributed by atoms with Crippen molar-refractivity contribution in [2.24, 2.45) is 0 Å². The zero-order chi connectivity index (χ0) is 19.3. The van der Waals surface area contributed by atoms with Crippen LogP contribution >= 0.6 is 23.1 Å². The lowest BCUT2D eigenvalue weighted by Gasteiger charge is -2.02. The summed E-state index contributed by atoms with van der Waals surface area (Å²) in [5.41, 5.74) is 3.35. The van der Waals surface area contributed by atoms with Crippen LogP contribution in [-0.4, -0.2) is 38.3 Å². The molecule has 0 N–H and O–H groups in total. The van der Waals surface area contributed by atoms with Crippen molar-refractivity contribution in [3.63, 3.8) is 0 Å². The van der Waals surface area contributed by atoms with E-state index in [-0.39, 0.29) is 5.97 Å². The van der Waals surface area contributed by atoms with E-state index in [4.69, 9.17) is 4.74 Å². The van der Waals surface area contributed by atoms with Crippen molar-refractivity contribution >= 4 is 29.1 Å². The van der Waals surface area contributed by atoms with Crippen LogP contribution in [0.4, 0.5) is 0 Å². The van der Waals surface area contributed by atoms with Gasteiger partial charge >= 0.3 is 5.97 Å². The molecular weight excluding hydrogens is 394 g/mol. The number of thioether (sulfide) groups is 1. The van der Waals surface area contributed by atoms with Crippen molar-refractivity contribution in [2.45, 2.75) is 10.9 Å². The van der Waals surface area contributed by atoms with E-state index >= 15 is 0 Å². The molecule has 7 nitrogen and oxygen atoms in total. The van der Waals surface area contributed by atoms with Crippen molar-refractivity contribution < 1.29 is 9.53 Å². The number of para-hydroxylation sites is 1. The van der Waals surface area contributed by atoms with Gasteiger partial charge in [0.05, 0.1) is 24.1 Å². The van der Waals surface area contributed by atoms with Crippen LogP contribution < -0.4 is 0 Å². The molecule has 0 amide bonds. The number of aromatic nitrogens is 5. The lowest BCUT2D eigenvalue weighted by atomic mass is 10.1. The van der Waals surface area contributed by atoms with Crippen LogP contribution in [0.1, 0.15) is 16.1 Å². The maximum absolute atomic E-state index is 11.5. The summed E-state index contributed by atoms with van der Waals surface area (Å²) in [6.45, 7) is 0. The van der Waals surface area contributed by atoms with Crippen molar-refractivity contribution in [3.05, 3.63) is 71.2 Å². The number of rotatable bonds is 6. The first kappa shape index (κ1) is 18.3. The summed E-state index contributed by atoms with van der Waals surface area (Å²) in [7, 11) is 1.37. The van der Waals surface area contributed by atoms with Gasteiger partial charge in [0.25, 0.3) is 0 Å². The number of hydrogen-bond donors (Lipinski definition) is 0. The minimum Gasteiger partial charge on any atom is -0.465 e. The number of tetrazole rings is 1. The van der Waals surface area contributed by atoms with Crippen LogP contribution in [0.5, 0.6) is 0 Å². The molecule has 0 fully saturated rings. The molecule has 2 aromatic heterocycles. The number of nitrogens with zero attached hydrogens (tertiary/aromatic N) is 5. The predicted octanol–water partition coefficient (Wildman–Crippen LogP) is 3.86. The van der Waals surface area contributed by atoms with Gasteiger partial charge < -0.3 is 4.74 Å². The standard InChI is InChI=1S/C19H15N5O2S2/c1-26-18(25)14-9-7-13(8-10-14)17-20-15(11-27-17)12-28-19-21-22-23-24(19)16-5-3-2-4-6-16/h2-11H,12H2,1H3. The Morgan fingerprint density at radius 3 is 2.68 bits per heavy atom. The summed E-state index contributed by atoms with van der Waals surface area (Å²) in [5, 5.41) is 15.6. The van der Waals surface area contributed by atoms with E-state index in [0.717, 1.165) is 22.0 Å². The summed E-state index contributed by atoms with van der Waals surface area (Å²) in [6, 6.07) is 17.0. The van der Waals surface area contributed by atoms with Crippen molar-refractivity contribution in [1.82, 2.24) is 25.2 Å². The first-order chi connectivity index (χ1) is 13.7. The SMILES string of the molecule is COC(=O)c1ccc(-c2nc(CSc3nnnn3-c3ccccc3)cs2)cc1. The Morgan fingerprint density at radius 2 is 1.93 bits per heavy atom. The van der Waals surface area contributed by atoms with E-state index in [0.29, 0.717) is 16.5 Å². The van der Waals surface area contributed by atoms with Crippen molar-refractivity contribution in [3.8, 4) is 16.3 Å². The summed E-state index contributed by atoms with van der Waals surface area (Å²) in [5.74, 6) is 0.308. The van der Waals surface area contributed by atoms with Gasteiger partial charge in [-0.3, -0.25) is 0 Å². The van der Waals surface area contributed by atoms with Crippen LogP contribution in [0.3, 0.4) is 0 Å². The molecule has 4 aromatic rings. The molecule has 0 aliphatic heterocycles. The summed E-state index contributed by atoms with van der Waals surface area (Å²) >= 11 is 3.09. The van der Waals surface area contributed by atoms with Gasteiger partial charge in [0.2, 0.25) is 5.16 Å². The number of hydrogen-bond acceptors (Lipinski definition) is 8. The van der Waals surface area contributed by atoms with Crippen LogP contribution in [0, 0.1) is 0 Å². The first-order valence-electron chi connectivity index (χ1n) is 8.34. The van der Waals surface area contributed by atoms with E-state index in [1.54, 1.807) is 28.2 Å².